The minimum atomic E-state index is -3.39. The van der Waals surface area contributed by atoms with Crippen molar-refractivity contribution in [3.8, 4) is 5.69 Å². The number of nitrogens with two attached hydrogens (primary N) is 1. The van der Waals surface area contributed by atoms with E-state index in [1.165, 1.54) is 0 Å². The minimum Gasteiger partial charge on any atom is -0.394 e. The number of rotatable bonds is 8. The van der Waals surface area contributed by atoms with E-state index >= 15 is 0 Å². The summed E-state index contributed by atoms with van der Waals surface area (Å²) >= 11 is 0. The topological polar surface area (TPSA) is 108 Å². The van der Waals surface area contributed by atoms with E-state index in [2.05, 4.69) is 10.4 Å². The number of carbonyl (C=O) groups excluding carboxylic acids is 1. The fourth-order valence-corrected chi connectivity index (χ4v) is 4.27. The summed E-state index contributed by atoms with van der Waals surface area (Å²) in [7, 11) is -3.39. The van der Waals surface area contributed by atoms with E-state index in [0.29, 0.717) is 16.6 Å². The molecule has 0 saturated heterocycles. The highest BCUT2D eigenvalue weighted by Gasteiger charge is 2.26. The number of hydrogen-bond acceptors (Lipinski definition) is 6. The molecule has 1 aromatic heterocycles. The van der Waals surface area contributed by atoms with Gasteiger partial charge in [-0.15, -0.1) is 5.10 Å². The average Bonchev–Trinajstić information content (AvgIpc) is 3.09. The summed E-state index contributed by atoms with van der Waals surface area (Å²) in [5, 5.41) is 7.42. The molecule has 1 heterocycles. The molecule has 0 aliphatic rings. The van der Waals surface area contributed by atoms with Gasteiger partial charge >= 0.3 is 7.60 Å². The number of anilines is 2. The van der Waals surface area contributed by atoms with Crippen LogP contribution in [0.3, 0.4) is 0 Å². The van der Waals surface area contributed by atoms with Crippen molar-refractivity contribution in [3.63, 3.8) is 0 Å². The number of nitrogen functional groups attached to an aromatic ring is 1. The first-order valence-electron chi connectivity index (χ1n) is 9.18. The number of hydrogen-bond donors (Lipinski definition) is 2. The monoisotopic (exact) mass is 414 g/mol. The molecule has 152 valence electrons. The van der Waals surface area contributed by atoms with E-state index in [9.17, 15) is 9.36 Å². The van der Waals surface area contributed by atoms with Crippen LogP contribution in [0.1, 0.15) is 24.2 Å². The van der Waals surface area contributed by atoms with Gasteiger partial charge in [-0.1, -0.05) is 18.2 Å². The van der Waals surface area contributed by atoms with Crippen molar-refractivity contribution in [3.05, 3.63) is 66.4 Å². The lowest BCUT2D eigenvalue weighted by Crippen LogP contribution is -2.16. The number of nitrogens with zero attached hydrogens (tertiary/aromatic N) is 2. The van der Waals surface area contributed by atoms with Crippen LogP contribution in [0.5, 0.6) is 0 Å². The van der Waals surface area contributed by atoms with Gasteiger partial charge in [0.05, 0.1) is 36.1 Å². The molecular formula is C20H23N4O4P. The Morgan fingerprint density at radius 3 is 2.28 bits per heavy atom. The molecule has 0 aliphatic heterocycles. The fourth-order valence-electron chi connectivity index (χ4n) is 2.70. The van der Waals surface area contributed by atoms with Crippen LogP contribution in [0.25, 0.3) is 5.69 Å². The van der Waals surface area contributed by atoms with Gasteiger partial charge in [0.15, 0.2) is 5.82 Å². The Kier molecular flexibility index (Phi) is 6.49. The number of aromatic nitrogens is 2. The van der Waals surface area contributed by atoms with Crippen molar-refractivity contribution in [2.24, 2.45) is 0 Å². The molecule has 0 saturated carbocycles. The van der Waals surface area contributed by atoms with Gasteiger partial charge in [0, 0.05) is 5.56 Å². The molecule has 3 aromatic rings. The highest BCUT2D eigenvalue weighted by molar-refractivity contribution is 7.62. The van der Waals surface area contributed by atoms with Crippen molar-refractivity contribution in [2.45, 2.75) is 13.8 Å². The Labute approximate surface area is 169 Å². The summed E-state index contributed by atoms with van der Waals surface area (Å²) in [5.41, 5.74) is 7.52. The van der Waals surface area contributed by atoms with Crippen LogP contribution >= 0.6 is 7.60 Å². The highest BCUT2D eigenvalue weighted by Crippen LogP contribution is 2.46. The van der Waals surface area contributed by atoms with E-state index in [-0.39, 0.29) is 24.9 Å². The Bertz CT molecular complexity index is 1010. The van der Waals surface area contributed by atoms with E-state index in [1.54, 1.807) is 49.0 Å². The first-order chi connectivity index (χ1) is 14.0. The SMILES string of the molecule is CCOP(=O)(OCC)c1ccc(C(=O)Nc2nn(-c3ccccc3)cc2N)cc1. The second-order valence-electron chi connectivity index (χ2n) is 6.05. The number of amides is 1. The van der Waals surface area contributed by atoms with Crippen LogP contribution in [0.4, 0.5) is 11.5 Å². The molecule has 3 rings (SSSR count). The minimum absolute atomic E-state index is 0.253. The molecule has 0 aliphatic carbocycles. The lowest BCUT2D eigenvalue weighted by Gasteiger charge is -2.17. The lowest BCUT2D eigenvalue weighted by molar-refractivity contribution is 0.102. The molecule has 0 unspecified atom stereocenters. The van der Waals surface area contributed by atoms with Crippen LogP contribution in [-0.4, -0.2) is 28.9 Å². The summed E-state index contributed by atoms with van der Waals surface area (Å²) in [6.45, 7) is 3.99. The molecule has 0 atom stereocenters. The van der Waals surface area contributed by atoms with E-state index in [0.717, 1.165) is 5.69 Å². The second kappa shape index (κ2) is 9.05. The molecule has 0 radical (unpaired) electrons. The normalized spacial score (nSPS) is 11.4. The molecule has 0 fully saturated rings. The van der Waals surface area contributed by atoms with Gasteiger partial charge in [-0.25, -0.2) is 4.68 Å². The Morgan fingerprint density at radius 2 is 1.69 bits per heavy atom. The molecule has 2 aromatic carbocycles. The van der Waals surface area contributed by atoms with E-state index in [4.69, 9.17) is 14.8 Å². The van der Waals surface area contributed by atoms with Gasteiger partial charge in [0.25, 0.3) is 5.91 Å². The standard InChI is InChI=1S/C20H23N4O4P/c1-3-27-29(26,28-4-2)17-12-10-15(11-13-17)20(25)22-19-18(21)14-24(23-19)16-8-6-5-7-9-16/h5-14H,3-4,21H2,1-2H3,(H,22,23,25). The summed E-state index contributed by atoms with van der Waals surface area (Å²) in [4.78, 5) is 12.6. The third-order valence-corrected chi connectivity index (χ3v) is 6.17. The molecule has 8 nitrogen and oxygen atoms in total. The fraction of sp³-hybridized carbons (Fsp3) is 0.200. The zero-order chi connectivity index (χ0) is 20.9. The van der Waals surface area contributed by atoms with Gasteiger partial charge in [-0.2, -0.15) is 0 Å². The van der Waals surface area contributed by atoms with Crippen LogP contribution in [-0.2, 0) is 13.6 Å². The number of para-hydroxylation sites is 1. The van der Waals surface area contributed by atoms with Crippen molar-refractivity contribution in [1.29, 1.82) is 0 Å². The van der Waals surface area contributed by atoms with E-state index in [1.807, 2.05) is 30.3 Å². The van der Waals surface area contributed by atoms with Crippen molar-refractivity contribution < 1.29 is 18.4 Å². The average molecular weight is 414 g/mol. The van der Waals surface area contributed by atoms with Crippen LogP contribution < -0.4 is 16.4 Å². The Hall–Kier alpha value is -2.93. The van der Waals surface area contributed by atoms with Crippen LogP contribution in [0, 0.1) is 0 Å². The molecule has 9 heteroatoms. The van der Waals surface area contributed by atoms with Crippen molar-refractivity contribution in [2.75, 3.05) is 24.3 Å². The molecule has 0 spiro atoms. The molecule has 3 N–H and O–H groups in total. The van der Waals surface area contributed by atoms with Crippen molar-refractivity contribution in [1.82, 2.24) is 9.78 Å². The van der Waals surface area contributed by atoms with Gasteiger partial charge < -0.3 is 20.1 Å². The molecule has 1 amide bonds. The molecule has 29 heavy (non-hydrogen) atoms. The molecular weight excluding hydrogens is 391 g/mol. The Morgan fingerprint density at radius 1 is 1.07 bits per heavy atom. The Balaban J connectivity index is 1.76. The number of carbonyl (C=O) groups is 1. The van der Waals surface area contributed by atoms with Gasteiger partial charge in [-0.05, 0) is 50.2 Å². The van der Waals surface area contributed by atoms with Crippen LogP contribution in [0.2, 0.25) is 0 Å². The zero-order valence-electron chi connectivity index (χ0n) is 16.2. The van der Waals surface area contributed by atoms with E-state index < -0.39 is 7.60 Å². The third-order valence-electron chi connectivity index (χ3n) is 4.04. The van der Waals surface area contributed by atoms with Gasteiger partial charge in [0.2, 0.25) is 0 Å². The number of benzene rings is 2. The summed E-state index contributed by atoms with van der Waals surface area (Å²) in [5.74, 6) is -0.124. The highest BCUT2D eigenvalue weighted by atomic mass is 31.2. The van der Waals surface area contributed by atoms with Gasteiger partial charge in [-0.3, -0.25) is 9.36 Å². The predicted molar refractivity (Wildman–Crippen MR) is 113 cm³/mol. The maximum atomic E-state index is 12.8. The molecule has 0 bridgehead atoms. The van der Waals surface area contributed by atoms with Crippen molar-refractivity contribution >= 4 is 30.3 Å². The van der Waals surface area contributed by atoms with Gasteiger partial charge in [0.1, 0.15) is 0 Å². The zero-order valence-corrected chi connectivity index (χ0v) is 17.1. The smallest absolute Gasteiger partial charge is 0.361 e. The maximum Gasteiger partial charge on any atom is 0.361 e. The quantitative estimate of drug-likeness (QED) is 0.545. The first-order valence-corrected chi connectivity index (χ1v) is 10.7. The summed E-state index contributed by atoms with van der Waals surface area (Å²) in [6.07, 6.45) is 1.63. The second-order valence-corrected chi connectivity index (χ2v) is 8.07. The summed E-state index contributed by atoms with van der Waals surface area (Å²) < 4.78 is 25.0. The maximum absolute atomic E-state index is 12.8. The third kappa shape index (κ3) is 4.74. The largest absolute Gasteiger partial charge is 0.394 e. The lowest BCUT2D eigenvalue weighted by atomic mass is 10.2. The summed E-state index contributed by atoms with van der Waals surface area (Å²) in [6, 6.07) is 15.7. The van der Waals surface area contributed by atoms with Crippen LogP contribution in [0.15, 0.2) is 60.8 Å². The predicted octanol–water partition coefficient (Wildman–Crippen LogP) is 3.60. The number of nitrogens with one attached hydrogen (secondary N) is 1. The first kappa shape index (κ1) is 20.8.